The van der Waals surface area contributed by atoms with Gasteiger partial charge < -0.3 is 20.9 Å². The SMILES string of the molecule is CN(CCCO)c1ccc(/C(N)=N/O)cc1Cl. The summed E-state index contributed by atoms with van der Waals surface area (Å²) in [6.07, 6.45) is 0.675. The third-order valence-corrected chi connectivity index (χ3v) is 2.72. The standard InChI is InChI=1S/C11H16ClN3O2/c1-15(5-2-6-16)10-4-3-8(7-9(10)12)11(13)14-17/h3-4,7,16-17H,2,5-6H2,1H3,(H2,13,14). The average Bonchev–Trinajstić information content (AvgIpc) is 2.34. The number of benzene rings is 1. The highest BCUT2D eigenvalue weighted by molar-refractivity contribution is 6.33. The molecule has 0 bridgehead atoms. The highest BCUT2D eigenvalue weighted by Gasteiger charge is 2.08. The van der Waals surface area contributed by atoms with Crippen LogP contribution in [0, 0.1) is 0 Å². The average molecular weight is 258 g/mol. The van der Waals surface area contributed by atoms with Crippen LogP contribution in [0.2, 0.25) is 5.02 Å². The highest BCUT2D eigenvalue weighted by Crippen LogP contribution is 2.26. The number of nitrogens with two attached hydrogens (primary N) is 1. The second kappa shape index (κ2) is 6.32. The molecular weight excluding hydrogens is 242 g/mol. The van der Waals surface area contributed by atoms with Gasteiger partial charge in [-0.25, -0.2) is 0 Å². The predicted octanol–water partition coefficient (Wildman–Crippen LogP) is 1.25. The van der Waals surface area contributed by atoms with Crippen LogP contribution in [-0.4, -0.2) is 36.3 Å². The summed E-state index contributed by atoms with van der Waals surface area (Å²) in [5.41, 5.74) is 6.87. The zero-order chi connectivity index (χ0) is 12.8. The molecule has 5 nitrogen and oxygen atoms in total. The number of aliphatic hydroxyl groups excluding tert-OH is 1. The topological polar surface area (TPSA) is 82.1 Å². The molecule has 0 aliphatic rings. The lowest BCUT2D eigenvalue weighted by Gasteiger charge is -2.20. The smallest absolute Gasteiger partial charge is 0.170 e. The van der Waals surface area contributed by atoms with Gasteiger partial charge in [0.25, 0.3) is 0 Å². The number of hydrogen-bond acceptors (Lipinski definition) is 4. The van der Waals surface area contributed by atoms with Crippen molar-refractivity contribution in [1.29, 1.82) is 0 Å². The molecule has 0 aliphatic carbocycles. The van der Waals surface area contributed by atoms with E-state index in [1.54, 1.807) is 18.2 Å². The van der Waals surface area contributed by atoms with Gasteiger partial charge in [0, 0.05) is 25.8 Å². The summed E-state index contributed by atoms with van der Waals surface area (Å²) in [4.78, 5) is 1.94. The van der Waals surface area contributed by atoms with E-state index < -0.39 is 0 Å². The van der Waals surface area contributed by atoms with E-state index in [0.717, 1.165) is 5.69 Å². The van der Waals surface area contributed by atoms with Crippen LogP contribution in [0.1, 0.15) is 12.0 Å². The van der Waals surface area contributed by atoms with Crippen molar-refractivity contribution in [2.45, 2.75) is 6.42 Å². The van der Waals surface area contributed by atoms with Crippen LogP contribution < -0.4 is 10.6 Å². The number of aliphatic hydroxyl groups is 1. The molecule has 4 N–H and O–H groups in total. The van der Waals surface area contributed by atoms with Crippen molar-refractivity contribution in [2.75, 3.05) is 25.1 Å². The van der Waals surface area contributed by atoms with Crippen LogP contribution in [0.4, 0.5) is 5.69 Å². The first-order valence-electron chi connectivity index (χ1n) is 5.19. The molecule has 0 saturated heterocycles. The molecule has 0 aliphatic heterocycles. The third kappa shape index (κ3) is 3.51. The van der Waals surface area contributed by atoms with Gasteiger partial charge in [0.05, 0.1) is 10.7 Å². The number of anilines is 1. The minimum Gasteiger partial charge on any atom is -0.409 e. The number of nitrogens with zero attached hydrogens (tertiary/aromatic N) is 2. The summed E-state index contributed by atoms with van der Waals surface area (Å²) in [6, 6.07) is 5.17. The maximum atomic E-state index is 8.76. The van der Waals surface area contributed by atoms with Gasteiger partial charge in [0.2, 0.25) is 0 Å². The Balaban J connectivity index is 2.89. The third-order valence-electron chi connectivity index (χ3n) is 2.41. The van der Waals surface area contributed by atoms with Crippen LogP contribution in [0.3, 0.4) is 0 Å². The van der Waals surface area contributed by atoms with Crippen LogP contribution >= 0.6 is 11.6 Å². The Kier molecular flexibility index (Phi) is 5.06. The van der Waals surface area contributed by atoms with Crippen molar-refractivity contribution in [2.24, 2.45) is 10.9 Å². The second-order valence-corrected chi connectivity index (χ2v) is 4.06. The van der Waals surface area contributed by atoms with Crippen LogP contribution in [0.15, 0.2) is 23.4 Å². The summed E-state index contributed by atoms with van der Waals surface area (Å²) in [6.45, 7) is 0.850. The molecule has 94 valence electrons. The summed E-state index contributed by atoms with van der Waals surface area (Å²) in [5, 5.41) is 20.8. The Morgan fingerprint density at radius 2 is 2.24 bits per heavy atom. The van der Waals surface area contributed by atoms with Crippen molar-refractivity contribution < 1.29 is 10.3 Å². The number of oxime groups is 1. The summed E-state index contributed by atoms with van der Waals surface area (Å²) < 4.78 is 0. The minimum absolute atomic E-state index is 0.0245. The molecule has 0 aromatic heterocycles. The second-order valence-electron chi connectivity index (χ2n) is 3.65. The van der Waals surface area contributed by atoms with E-state index in [9.17, 15) is 0 Å². The lowest BCUT2D eigenvalue weighted by molar-refractivity contribution is 0.290. The maximum Gasteiger partial charge on any atom is 0.170 e. The molecular formula is C11H16ClN3O2. The monoisotopic (exact) mass is 257 g/mol. The quantitative estimate of drug-likeness (QED) is 0.321. The van der Waals surface area contributed by atoms with Crippen molar-refractivity contribution in [3.63, 3.8) is 0 Å². The Hall–Kier alpha value is -1.46. The summed E-state index contributed by atoms with van der Waals surface area (Å²) in [7, 11) is 1.89. The first kappa shape index (κ1) is 13.6. The van der Waals surface area contributed by atoms with Crippen molar-refractivity contribution in [3.05, 3.63) is 28.8 Å². The molecule has 0 heterocycles. The van der Waals surface area contributed by atoms with Crippen LogP contribution in [0.25, 0.3) is 0 Å². The van der Waals surface area contributed by atoms with E-state index in [1.165, 1.54) is 0 Å². The first-order valence-corrected chi connectivity index (χ1v) is 5.57. The van der Waals surface area contributed by atoms with Gasteiger partial charge in [-0.05, 0) is 24.6 Å². The van der Waals surface area contributed by atoms with Crippen LogP contribution in [-0.2, 0) is 0 Å². The predicted molar refractivity (Wildman–Crippen MR) is 68.9 cm³/mol. The van der Waals surface area contributed by atoms with Crippen molar-refractivity contribution in [1.82, 2.24) is 0 Å². The molecule has 0 saturated carbocycles. The summed E-state index contributed by atoms with van der Waals surface area (Å²) in [5.74, 6) is 0.0245. The molecule has 0 radical (unpaired) electrons. The Labute approximate surface area is 105 Å². The van der Waals surface area contributed by atoms with Gasteiger partial charge in [-0.2, -0.15) is 0 Å². The normalized spacial score (nSPS) is 11.6. The molecule has 17 heavy (non-hydrogen) atoms. The summed E-state index contributed by atoms with van der Waals surface area (Å²) >= 11 is 6.11. The van der Waals surface area contributed by atoms with Gasteiger partial charge >= 0.3 is 0 Å². The number of hydrogen-bond donors (Lipinski definition) is 3. The van der Waals surface area contributed by atoms with E-state index in [2.05, 4.69) is 5.16 Å². The van der Waals surface area contributed by atoms with Gasteiger partial charge in [-0.15, -0.1) is 0 Å². The van der Waals surface area contributed by atoms with Crippen molar-refractivity contribution in [3.8, 4) is 0 Å². The van der Waals surface area contributed by atoms with Gasteiger partial charge in [0.1, 0.15) is 0 Å². The van der Waals surface area contributed by atoms with Gasteiger partial charge in [-0.3, -0.25) is 0 Å². The molecule has 1 rings (SSSR count). The largest absolute Gasteiger partial charge is 0.409 e. The van der Waals surface area contributed by atoms with Gasteiger partial charge in [-0.1, -0.05) is 16.8 Å². The fourth-order valence-electron chi connectivity index (χ4n) is 1.46. The number of halogens is 1. The molecule has 0 spiro atoms. The number of rotatable bonds is 5. The van der Waals surface area contributed by atoms with E-state index in [0.29, 0.717) is 23.6 Å². The highest BCUT2D eigenvalue weighted by atomic mass is 35.5. The lowest BCUT2D eigenvalue weighted by Crippen LogP contribution is -2.20. The molecule has 0 unspecified atom stereocenters. The lowest BCUT2D eigenvalue weighted by atomic mass is 10.2. The Morgan fingerprint density at radius 1 is 1.53 bits per heavy atom. The van der Waals surface area contributed by atoms with E-state index >= 15 is 0 Å². The number of amidine groups is 1. The molecule has 0 amide bonds. The Bertz CT molecular complexity index is 410. The van der Waals surface area contributed by atoms with Crippen molar-refractivity contribution >= 4 is 23.1 Å². The fourth-order valence-corrected chi connectivity index (χ4v) is 1.79. The zero-order valence-electron chi connectivity index (χ0n) is 9.60. The maximum absolute atomic E-state index is 8.76. The molecule has 1 aromatic rings. The van der Waals surface area contributed by atoms with E-state index in [4.69, 9.17) is 27.6 Å². The molecule has 1 aromatic carbocycles. The molecule has 0 atom stereocenters. The molecule has 6 heteroatoms. The van der Waals surface area contributed by atoms with E-state index in [-0.39, 0.29) is 12.4 Å². The first-order chi connectivity index (χ1) is 8.10. The fraction of sp³-hybridized carbons (Fsp3) is 0.364. The van der Waals surface area contributed by atoms with Crippen LogP contribution in [0.5, 0.6) is 0 Å². The van der Waals surface area contributed by atoms with E-state index in [1.807, 2.05) is 11.9 Å². The zero-order valence-corrected chi connectivity index (χ0v) is 10.4. The molecule has 0 fully saturated rings. The van der Waals surface area contributed by atoms with Gasteiger partial charge in [0.15, 0.2) is 5.84 Å². The minimum atomic E-state index is 0.0245. The Morgan fingerprint density at radius 3 is 2.76 bits per heavy atom.